The molecule has 1 aromatic rings. The molecule has 0 saturated carbocycles. The summed E-state index contributed by atoms with van der Waals surface area (Å²) in [6.07, 6.45) is 0.323. The Kier molecular flexibility index (Phi) is 3.81. The third-order valence-electron chi connectivity index (χ3n) is 1.99. The zero-order chi connectivity index (χ0) is 11.3. The van der Waals surface area contributed by atoms with Crippen LogP contribution in [-0.4, -0.2) is 17.4 Å². The van der Waals surface area contributed by atoms with Crippen LogP contribution < -0.4 is 5.32 Å². The summed E-state index contributed by atoms with van der Waals surface area (Å²) in [5.41, 5.74) is 2.17. The molecule has 0 spiro atoms. The van der Waals surface area contributed by atoms with Crippen LogP contribution in [0.2, 0.25) is 0 Å². The lowest BCUT2D eigenvalue weighted by Crippen LogP contribution is -2.25. The van der Waals surface area contributed by atoms with Gasteiger partial charge in [0.25, 0.3) is 5.91 Å². The molecule has 0 radical (unpaired) electrons. The fraction of sp³-hybridized carbons (Fsp3) is 0.364. The van der Waals surface area contributed by atoms with E-state index in [4.69, 9.17) is 5.26 Å². The highest BCUT2D eigenvalue weighted by Gasteiger charge is 2.08. The second-order valence-corrected chi connectivity index (χ2v) is 3.25. The molecule has 0 fully saturated rings. The number of pyridine rings is 1. The van der Waals surface area contributed by atoms with Gasteiger partial charge in [-0.2, -0.15) is 5.26 Å². The SMILES string of the molecule is Cc1ccc(C(=O)NCCC#N)c(C)n1. The van der Waals surface area contributed by atoms with Gasteiger partial charge >= 0.3 is 0 Å². The smallest absolute Gasteiger partial charge is 0.253 e. The molecule has 4 heteroatoms. The first-order valence-electron chi connectivity index (χ1n) is 4.74. The average Bonchev–Trinajstić information content (AvgIpc) is 2.17. The molecule has 0 aliphatic rings. The minimum atomic E-state index is -0.171. The Morgan fingerprint density at radius 3 is 2.87 bits per heavy atom. The lowest BCUT2D eigenvalue weighted by molar-refractivity contribution is 0.0953. The Bertz CT molecular complexity index is 407. The highest BCUT2D eigenvalue weighted by atomic mass is 16.1. The Balaban J connectivity index is 2.70. The van der Waals surface area contributed by atoms with Gasteiger partial charge in [-0.15, -0.1) is 0 Å². The minimum absolute atomic E-state index is 0.171. The van der Waals surface area contributed by atoms with Gasteiger partial charge in [0.2, 0.25) is 0 Å². The third kappa shape index (κ3) is 3.06. The summed E-state index contributed by atoms with van der Waals surface area (Å²) in [5.74, 6) is -0.171. The number of carbonyl (C=O) groups is 1. The van der Waals surface area contributed by atoms with Gasteiger partial charge in [0, 0.05) is 12.2 Å². The Morgan fingerprint density at radius 1 is 1.53 bits per heavy atom. The monoisotopic (exact) mass is 203 g/mol. The third-order valence-corrected chi connectivity index (χ3v) is 1.99. The van der Waals surface area contributed by atoms with E-state index in [9.17, 15) is 4.79 Å². The molecule has 1 N–H and O–H groups in total. The van der Waals surface area contributed by atoms with Gasteiger partial charge in [0.1, 0.15) is 0 Å². The summed E-state index contributed by atoms with van der Waals surface area (Å²) in [6, 6.07) is 5.52. The molecule has 0 atom stereocenters. The summed E-state index contributed by atoms with van der Waals surface area (Å²) in [5, 5.41) is 11.0. The number of nitriles is 1. The summed E-state index contributed by atoms with van der Waals surface area (Å²) in [4.78, 5) is 15.8. The molecule has 4 nitrogen and oxygen atoms in total. The van der Waals surface area contributed by atoms with E-state index in [0.29, 0.717) is 24.2 Å². The van der Waals surface area contributed by atoms with E-state index in [1.807, 2.05) is 13.0 Å². The molecule has 0 aromatic carbocycles. The zero-order valence-electron chi connectivity index (χ0n) is 8.87. The van der Waals surface area contributed by atoms with Gasteiger partial charge in [-0.25, -0.2) is 0 Å². The lowest BCUT2D eigenvalue weighted by Gasteiger charge is -2.05. The second kappa shape index (κ2) is 5.11. The van der Waals surface area contributed by atoms with Crippen molar-refractivity contribution >= 4 is 5.91 Å². The van der Waals surface area contributed by atoms with E-state index in [1.54, 1.807) is 19.1 Å². The van der Waals surface area contributed by atoms with Gasteiger partial charge in [-0.3, -0.25) is 9.78 Å². The Labute approximate surface area is 88.9 Å². The molecule has 0 saturated heterocycles. The summed E-state index contributed by atoms with van der Waals surface area (Å²) in [6.45, 7) is 4.05. The molecule has 15 heavy (non-hydrogen) atoms. The predicted molar refractivity (Wildman–Crippen MR) is 56.3 cm³/mol. The van der Waals surface area contributed by atoms with Crippen LogP contribution in [0.15, 0.2) is 12.1 Å². The van der Waals surface area contributed by atoms with E-state index < -0.39 is 0 Å². The van der Waals surface area contributed by atoms with Crippen LogP contribution in [-0.2, 0) is 0 Å². The number of nitrogens with one attached hydrogen (secondary N) is 1. The van der Waals surface area contributed by atoms with Crippen LogP contribution in [0.25, 0.3) is 0 Å². The molecule has 0 aliphatic carbocycles. The largest absolute Gasteiger partial charge is 0.351 e. The molecule has 0 aliphatic heterocycles. The number of hydrogen-bond acceptors (Lipinski definition) is 3. The minimum Gasteiger partial charge on any atom is -0.351 e. The Hall–Kier alpha value is -1.89. The molecule has 0 bridgehead atoms. The maximum absolute atomic E-state index is 11.6. The number of nitrogens with zero attached hydrogens (tertiary/aromatic N) is 2. The zero-order valence-corrected chi connectivity index (χ0v) is 8.87. The van der Waals surface area contributed by atoms with Crippen molar-refractivity contribution in [2.45, 2.75) is 20.3 Å². The van der Waals surface area contributed by atoms with E-state index >= 15 is 0 Å². The number of carbonyl (C=O) groups excluding carboxylic acids is 1. The first-order chi connectivity index (χ1) is 7.15. The van der Waals surface area contributed by atoms with Gasteiger partial charge in [0.05, 0.1) is 23.7 Å². The number of amides is 1. The molecule has 1 amide bonds. The van der Waals surface area contributed by atoms with E-state index in [-0.39, 0.29) is 5.91 Å². The maximum Gasteiger partial charge on any atom is 0.253 e. The highest BCUT2D eigenvalue weighted by molar-refractivity contribution is 5.95. The van der Waals surface area contributed by atoms with Crippen molar-refractivity contribution in [3.8, 4) is 6.07 Å². The van der Waals surface area contributed by atoms with Crippen molar-refractivity contribution in [1.29, 1.82) is 5.26 Å². The van der Waals surface area contributed by atoms with Crippen molar-refractivity contribution in [2.75, 3.05) is 6.54 Å². The topological polar surface area (TPSA) is 65.8 Å². The number of aryl methyl sites for hydroxylation is 2. The highest BCUT2D eigenvalue weighted by Crippen LogP contribution is 2.05. The predicted octanol–water partition coefficient (Wildman–Crippen LogP) is 1.34. The van der Waals surface area contributed by atoms with Crippen LogP contribution in [0.4, 0.5) is 0 Å². The molecule has 78 valence electrons. The number of rotatable bonds is 3. The van der Waals surface area contributed by atoms with Gasteiger partial charge < -0.3 is 5.32 Å². The summed E-state index contributed by atoms with van der Waals surface area (Å²) in [7, 11) is 0. The molecule has 0 unspecified atom stereocenters. The van der Waals surface area contributed by atoms with Crippen LogP contribution in [0.3, 0.4) is 0 Å². The number of hydrogen-bond donors (Lipinski definition) is 1. The standard InChI is InChI=1S/C11H13N3O/c1-8-4-5-10(9(2)14-8)11(15)13-7-3-6-12/h4-5H,3,7H2,1-2H3,(H,13,15). The van der Waals surface area contributed by atoms with Crippen LogP contribution >= 0.6 is 0 Å². The van der Waals surface area contributed by atoms with E-state index in [2.05, 4.69) is 10.3 Å². The lowest BCUT2D eigenvalue weighted by atomic mass is 10.1. The van der Waals surface area contributed by atoms with Crippen molar-refractivity contribution in [2.24, 2.45) is 0 Å². The van der Waals surface area contributed by atoms with Crippen LogP contribution in [0.1, 0.15) is 28.2 Å². The molecule has 1 heterocycles. The van der Waals surface area contributed by atoms with Crippen molar-refractivity contribution in [1.82, 2.24) is 10.3 Å². The first-order valence-corrected chi connectivity index (χ1v) is 4.74. The Morgan fingerprint density at radius 2 is 2.27 bits per heavy atom. The second-order valence-electron chi connectivity index (χ2n) is 3.25. The van der Waals surface area contributed by atoms with Gasteiger partial charge in [-0.1, -0.05) is 0 Å². The fourth-order valence-corrected chi connectivity index (χ4v) is 1.25. The maximum atomic E-state index is 11.6. The quantitative estimate of drug-likeness (QED) is 0.754. The van der Waals surface area contributed by atoms with E-state index in [0.717, 1.165) is 5.69 Å². The average molecular weight is 203 g/mol. The molecule has 1 rings (SSSR count). The molecular formula is C11H13N3O. The van der Waals surface area contributed by atoms with Gasteiger partial charge in [-0.05, 0) is 26.0 Å². The van der Waals surface area contributed by atoms with Crippen LogP contribution in [0, 0.1) is 25.2 Å². The first kappa shape index (κ1) is 11.2. The van der Waals surface area contributed by atoms with Crippen molar-refractivity contribution < 1.29 is 4.79 Å². The van der Waals surface area contributed by atoms with Crippen molar-refractivity contribution in [3.63, 3.8) is 0 Å². The van der Waals surface area contributed by atoms with E-state index in [1.165, 1.54) is 0 Å². The molecule has 1 aromatic heterocycles. The van der Waals surface area contributed by atoms with Crippen LogP contribution in [0.5, 0.6) is 0 Å². The fourth-order valence-electron chi connectivity index (χ4n) is 1.25. The normalized spacial score (nSPS) is 9.40. The molecular weight excluding hydrogens is 190 g/mol. The van der Waals surface area contributed by atoms with Gasteiger partial charge in [0.15, 0.2) is 0 Å². The summed E-state index contributed by atoms with van der Waals surface area (Å²) < 4.78 is 0. The van der Waals surface area contributed by atoms with Crippen molar-refractivity contribution in [3.05, 3.63) is 29.1 Å². The summed E-state index contributed by atoms with van der Waals surface area (Å²) >= 11 is 0. The number of aromatic nitrogens is 1.